The van der Waals surface area contributed by atoms with Crippen molar-refractivity contribution in [1.29, 1.82) is 0 Å². The van der Waals surface area contributed by atoms with Crippen molar-refractivity contribution in [2.45, 2.75) is 12.5 Å². The van der Waals surface area contributed by atoms with Crippen molar-refractivity contribution >= 4 is 38.8 Å². The van der Waals surface area contributed by atoms with Gasteiger partial charge in [0.1, 0.15) is 0 Å². The summed E-state index contributed by atoms with van der Waals surface area (Å²) in [6.45, 7) is 0. The van der Waals surface area contributed by atoms with Crippen LogP contribution in [0.15, 0.2) is 24.3 Å². The number of rotatable bonds is 3. The lowest BCUT2D eigenvalue weighted by atomic mass is 10.2. The minimum absolute atomic E-state index is 0.0734. The number of carbonyl (C=O) groups is 1. The van der Waals surface area contributed by atoms with E-state index in [1.165, 1.54) is 12.1 Å². The Labute approximate surface area is 122 Å². The Morgan fingerprint density at radius 2 is 2.15 bits per heavy atom. The quantitative estimate of drug-likeness (QED) is 0.712. The van der Waals surface area contributed by atoms with E-state index in [2.05, 4.69) is 10.6 Å². The third-order valence-corrected chi connectivity index (χ3v) is 4.92. The maximum absolute atomic E-state index is 11.3. The molecule has 2 rings (SSSR count). The minimum Gasteiger partial charge on any atom is -0.478 e. The topological polar surface area (TPSA) is 95.5 Å². The number of anilines is 1. The highest BCUT2D eigenvalue weighted by molar-refractivity contribution is 7.91. The first-order valence-corrected chi connectivity index (χ1v) is 8.20. The summed E-state index contributed by atoms with van der Waals surface area (Å²) in [4.78, 5) is 10.8. The first-order valence-electron chi connectivity index (χ1n) is 5.97. The molecular weight excluding hydrogens is 300 g/mol. The van der Waals surface area contributed by atoms with Crippen LogP contribution in [0.1, 0.15) is 16.8 Å². The molecule has 1 heterocycles. The molecule has 0 bridgehead atoms. The van der Waals surface area contributed by atoms with Gasteiger partial charge in [-0.05, 0) is 36.8 Å². The summed E-state index contributed by atoms with van der Waals surface area (Å²) in [5, 5.41) is 15.0. The van der Waals surface area contributed by atoms with E-state index in [1.807, 2.05) is 0 Å². The van der Waals surface area contributed by atoms with Gasteiger partial charge in [-0.15, -0.1) is 0 Å². The van der Waals surface area contributed by atoms with Crippen molar-refractivity contribution in [2.75, 3.05) is 16.8 Å². The molecule has 1 fully saturated rings. The molecule has 20 heavy (non-hydrogen) atoms. The molecule has 3 N–H and O–H groups in total. The number of nitrogens with one attached hydrogen (secondary N) is 2. The second kappa shape index (κ2) is 5.76. The highest BCUT2D eigenvalue weighted by Crippen LogP contribution is 2.13. The van der Waals surface area contributed by atoms with Crippen LogP contribution in [0.2, 0.25) is 0 Å². The van der Waals surface area contributed by atoms with Gasteiger partial charge in [-0.3, -0.25) is 0 Å². The van der Waals surface area contributed by atoms with Gasteiger partial charge in [-0.2, -0.15) is 0 Å². The average molecular weight is 314 g/mol. The van der Waals surface area contributed by atoms with Gasteiger partial charge in [-0.25, -0.2) is 13.2 Å². The lowest BCUT2D eigenvalue weighted by molar-refractivity contribution is 0.0697. The van der Waals surface area contributed by atoms with Crippen LogP contribution in [0, 0.1) is 0 Å². The van der Waals surface area contributed by atoms with Gasteiger partial charge in [0, 0.05) is 11.7 Å². The van der Waals surface area contributed by atoms with Crippen LogP contribution in [0.4, 0.5) is 5.69 Å². The molecule has 1 aliphatic rings. The largest absolute Gasteiger partial charge is 0.478 e. The second-order valence-corrected chi connectivity index (χ2v) is 7.22. The van der Waals surface area contributed by atoms with Crippen LogP contribution < -0.4 is 10.6 Å². The van der Waals surface area contributed by atoms with Crippen LogP contribution in [0.3, 0.4) is 0 Å². The van der Waals surface area contributed by atoms with Gasteiger partial charge >= 0.3 is 5.97 Å². The molecule has 1 aliphatic heterocycles. The number of hydrogen-bond donors (Lipinski definition) is 3. The highest BCUT2D eigenvalue weighted by atomic mass is 32.2. The molecule has 1 aromatic carbocycles. The summed E-state index contributed by atoms with van der Waals surface area (Å²) >= 11 is 5.09. The van der Waals surface area contributed by atoms with Crippen molar-refractivity contribution in [1.82, 2.24) is 5.32 Å². The number of thiocarbonyl (C=S) groups is 1. The summed E-state index contributed by atoms with van der Waals surface area (Å²) in [5.41, 5.74) is 0.699. The average Bonchev–Trinajstić information content (AvgIpc) is 2.68. The van der Waals surface area contributed by atoms with E-state index < -0.39 is 15.8 Å². The van der Waals surface area contributed by atoms with Gasteiger partial charge in [0.25, 0.3) is 0 Å². The molecule has 6 nitrogen and oxygen atoms in total. The van der Waals surface area contributed by atoms with Gasteiger partial charge in [0.05, 0.1) is 17.1 Å². The Hall–Kier alpha value is -1.67. The third kappa shape index (κ3) is 3.91. The van der Waals surface area contributed by atoms with E-state index in [-0.39, 0.29) is 28.2 Å². The zero-order chi connectivity index (χ0) is 14.8. The standard InChI is InChI=1S/C12H14N2O4S2/c15-11(16)8-2-1-3-9(6-8)13-12(19)14-10-4-5-20(17,18)7-10/h1-3,6,10H,4-5,7H2,(H,15,16)(H2,13,14,19)/t10-/m0/s1. The molecule has 1 aromatic rings. The maximum Gasteiger partial charge on any atom is 0.335 e. The number of benzene rings is 1. The lowest BCUT2D eigenvalue weighted by Crippen LogP contribution is -2.38. The Balaban J connectivity index is 1.95. The predicted octanol–water partition coefficient (Wildman–Crippen LogP) is 0.858. The van der Waals surface area contributed by atoms with Gasteiger partial charge in [0.15, 0.2) is 14.9 Å². The van der Waals surface area contributed by atoms with Gasteiger partial charge in [-0.1, -0.05) is 6.07 Å². The fraction of sp³-hybridized carbons (Fsp3) is 0.333. The predicted molar refractivity (Wildman–Crippen MR) is 79.8 cm³/mol. The molecule has 1 atom stereocenters. The van der Waals surface area contributed by atoms with E-state index >= 15 is 0 Å². The van der Waals surface area contributed by atoms with E-state index in [4.69, 9.17) is 17.3 Å². The number of carboxylic acids is 1. The van der Waals surface area contributed by atoms with Crippen LogP contribution in [-0.2, 0) is 9.84 Å². The molecule has 0 unspecified atom stereocenters. The normalized spacial score (nSPS) is 20.3. The molecule has 0 spiro atoms. The molecule has 0 radical (unpaired) electrons. The fourth-order valence-electron chi connectivity index (χ4n) is 1.99. The van der Waals surface area contributed by atoms with Crippen molar-refractivity contribution in [3.8, 4) is 0 Å². The maximum atomic E-state index is 11.3. The van der Waals surface area contributed by atoms with Crippen LogP contribution in [-0.4, -0.2) is 42.2 Å². The van der Waals surface area contributed by atoms with Crippen LogP contribution in [0.25, 0.3) is 0 Å². The van der Waals surface area contributed by atoms with Crippen molar-refractivity contribution in [2.24, 2.45) is 0 Å². The molecule has 0 amide bonds. The molecule has 0 aromatic heterocycles. The monoisotopic (exact) mass is 314 g/mol. The van der Waals surface area contributed by atoms with Crippen molar-refractivity contribution in [3.05, 3.63) is 29.8 Å². The van der Waals surface area contributed by atoms with Crippen molar-refractivity contribution < 1.29 is 18.3 Å². The Morgan fingerprint density at radius 3 is 2.75 bits per heavy atom. The Kier molecular flexibility index (Phi) is 4.24. The first kappa shape index (κ1) is 14.7. The number of sulfone groups is 1. The third-order valence-electron chi connectivity index (χ3n) is 2.94. The molecular formula is C12H14N2O4S2. The molecule has 0 saturated carbocycles. The van der Waals surface area contributed by atoms with Crippen molar-refractivity contribution in [3.63, 3.8) is 0 Å². The van der Waals surface area contributed by atoms with E-state index in [0.717, 1.165) is 0 Å². The van der Waals surface area contributed by atoms with Gasteiger partial charge in [0.2, 0.25) is 0 Å². The second-order valence-electron chi connectivity index (χ2n) is 4.58. The van der Waals surface area contributed by atoms with E-state index in [9.17, 15) is 13.2 Å². The van der Waals surface area contributed by atoms with E-state index in [1.54, 1.807) is 12.1 Å². The minimum atomic E-state index is -2.96. The van der Waals surface area contributed by atoms with Crippen LogP contribution >= 0.6 is 12.2 Å². The lowest BCUT2D eigenvalue weighted by Gasteiger charge is -2.15. The number of carboxylic acid groups (broad SMARTS) is 1. The summed E-state index contributed by atoms with van der Waals surface area (Å²) in [7, 11) is -2.96. The van der Waals surface area contributed by atoms with Crippen LogP contribution in [0.5, 0.6) is 0 Å². The fourth-order valence-corrected chi connectivity index (χ4v) is 3.95. The first-order chi connectivity index (χ1) is 9.35. The zero-order valence-electron chi connectivity index (χ0n) is 10.5. The smallest absolute Gasteiger partial charge is 0.335 e. The van der Waals surface area contributed by atoms with Gasteiger partial charge < -0.3 is 15.7 Å². The molecule has 108 valence electrons. The molecule has 0 aliphatic carbocycles. The number of hydrogen-bond acceptors (Lipinski definition) is 4. The van der Waals surface area contributed by atoms with E-state index in [0.29, 0.717) is 12.1 Å². The molecule has 1 saturated heterocycles. The molecule has 8 heteroatoms. The summed E-state index contributed by atoms with van der Waals surface area (Å²) in [6.07, 6.45) is 0.527. The Bertz CT molecular complexity index is 643. The summed E-state index contributed by atoms with van der Waals surface area (Å²) in [5.74, 6) is -0.777. The number of aromatic carboxylic acids is 1. The highest BCUT2D eigenvalue weighted by Gasteiger charge is 2.28. The summed E-state index contributed by atoms with van der Waals surface area (Å²) in [6, 6.07) is 6.04. The Morgan fingerprint density at radius 1 is 1.40 bits per heavy atom. The summed E-state index contributed by atoms with van der Waals surface area (Å²) < 4.78 is 22.7. The zero-order valence-corrected chi connectivity index (χ0v) is 12.1. The SMILES string of the molecule is O=C(O)c1cccc(NC(=S)N[C@H]2CCS(=O)(=O)C2)c1.